The van der Waals surface area contributed by atoms with Crippen molar-refractivity contribution in [1.82, 2.24) is 0 Å². The van der Waals surface area contributed by atoms with Crippen LogP contribution in [0.5, 0.6) is 5.75 Å². The predicted octanol–water partition coefficient (Wildman–Crippen LogP) is 6.12. The number of furan rings is 2. The van der Waals surface area contributed by atoms with Gasteiger partial charge in [0.2, 0.25) is 5.78 Å². The number of rotatable bonds is 5. The highest BCUT2D eigenvalue weighted by Crippen LogP contribution is 2.44. The monoisotopic (exact) mass is 483 g/mol. The maximum Gasteiger partial charge on any atom is 0.294 e. The van der Waals surface area contributed by atoms with Crippen molar-refractivity contribution in [3.05, 3.63) is 93.8 Å². The second-order valence-corrected chi connectivity index (χ2v) is 8.14. The number of fused-ring (bicyclic) bond motifs is 1. The van der Waals surface area contributed by atoms with Crippen LogP contribution < -0.4 is 9.64 Å². The summed E-state index contributed by atoms with van der Waals surface area (Å²) in [6, 6.07) is 13.3. The van der Waals surface area contributed by atoms with Crippen molar-refractivity contribution in [2.24, 2.45) is 0 Å². The Morgan fingerprint density at radius 2 is 1.94 bits per heavy atom. The number of methoxy groups -OCH3 is 1. The lowest BCUT2D eigenvalue weighted by Gasteiger charge is -2.25. The van der Waals surface area contributed by atoms with Crippen molar-refractivity contribution in [2.75, 3.05) is 12.0 Å². The van der Waals surface area contributed by atoms with Crippen molar-refractivity contribution in [1.29, 1.82) is 0 Å². The number of ketones is 1. The van der Waals surface area contributed by atoms with Gasteiger partial charge in [0.05, 0.1) is 24.0 Å². The Kier molecular flexibility index (Phi) is 5.15. The molecular formula is C24H15Cl2NO6. The first kappa shape index (κ1) is 21.2. The van der Waals surface area contributed by atoms with Gasteiger partial charge in [0.25, 0.3) is 5.91 Å². The van der Waals surface area contributed by atoms with Gasteiger partial charge >= 0.3 is 0 Å². The van der Waals surface area contributed by atoms with Gasteiger partial charge in [-0.3, -0.25) is 14.5 Å². The number of benzene rings is 2. The van der Waals surface area contributed by atoms with E-state index in [2.05, 4.69) is 0 Å². The van der Waals surface area contributed by atoms with E-state index in [0.717, 1.165) is 0 Å². The Balaban J connectivity index is 1.63. The zero-order chi connectivity index (χ0) is 23.3. The van der Waals surface area contributed by atoms with Crippen LogP contribution in [0.3, 0.4) is 0 Å². The van der Waals surface area contributed by atoms with Crippen molar-refractivity contribution in [3.63, 3.8) is 0 Å². The summed E-state index contributed by atoms with van der Waals surface area (Å²) >= 11 is 12.3. The summed E-state index contributed by atoms with van der Waals surface area (Å²) < 4.78 is 16.4. The summed E-state index contributed by atoms with van der Waals surface area (Å²) in [5.41, 5.74) is 0.616. The lowest BCUT2D eigenvalue weighted by molar-refractivity contribution is -0.117. The van der Waals surface area contributed by atoms with Gasteiger partial charge < -0.3 is 18.7 Å². The number of aliphatic hydroxyl groups excluding tert-OH is 1. The molecule has 4 aromatic rings. The maximum atomic E-state index is 13.5. The third-order valence-electron chi connectivity index (χ3n) is 5.38. The lowest BCUT2D eigenvalue weighted by atomic mass is 9.99. The predicted molar refractivity (Wildman–Crippen MR) is 122 cm³/mol. The summed E-state index contributed by atoms with van der Waals surface area (Å²) in [6.07, 6.45) is 1.42. The Hall–Kier alpha value is -3.68. The van der Waals surface area contributed by atoms with Crippen LogP contribution in [0.4, 0.5) is 5.69 Å². The van der Waals surface area contributed by atoms with Gasteiger partial charge in [-0.2, -0.15) is 0 Å². The summed E-state index contributed by atoms with van der Waals surface area (Å²) in [6.45, 7) is 0. The number of nitrogens with zero attached hydrogens (tertiary/aromatic N) is 1. The van der Waals surface area contributed by atoms with Gasteiger partial charge in [0.15, 0.2) is 11.5 Å². The Morgan fingerprint density at radius 3 is 2.64 bits per heavy atom. The Morgan fingerprint density at radius 1 is 1.12 bits per heavy atom. The van der Waals surface area contributed by atoms with Gasteiger partial charge in [0, 0.05) is 16.1 Å². The van der Waals surface area contributed by atoms with Crippen molar-refractivity contribution in [2.45, 2.75) is 6.04 Å². The molecule has 1 atom stereocenters. The number of carbonyl (C=O) groups excluding carboxylic acids is 2. The molecule has 1 aliphatic rings. The van der Waals surface area contributed by atoms with E-state index >= 15 is 0 Å². The van der Waals surface area contributed by atoms with Crippen molar-refractivity contribution >= 4 is 51.5 Å². The average molecular weight is 484 g/mol. The molecule has 5 rings (SSSR count). The molecule has 0 fully saturated rings. The molecule has 9 heteroatoms. The third kappa shape index (κ3) is 3.46. The van der Waals surface area contributed by atoms with E-state index in [-0.39, 0.29) is 22.1 Å². The molecule has 1 unspecified atom stereocenters. The second-order valence-electron chi connectivity index (χ2n) is 7.30. The van der Waals surface area contributed by atoms with E-state index in [1.165, 1.54) is 30.4 Å². The van der Waals surface area contributed by atoms with Crippen LogP contribution in [0.25, 0.3) is 11.0 Å². The molecule has 0 aliphatic carbocycles. The fourth-order valence-electron chi connectivity index (χ4n) is 3.88. The Bertz CT molecular complexity index is 1440. The quantitative estimate of drug-likeness (QED) is 0.343. The fraction of sp³-hybridized carbons (Fsp3) is 0.0833. The van der Waals surface area contributed by atoms with Crippen LogP contribution in [-0.2, 0) is 4.79 Å². The van der Waals surface area contributed by atoms with Crippen LogP contribution in [0.15, 0.2) is 81.0 Å². The van der Waals surface area contributed by atoms with Crippen LogP contribution >= 0.6 is 23.2 Å². The molecule has 1 amide bonds. The first-order valence-corrected chi connectivity index (χ1v) is 10.5. The summed E-state index contributed by atoms with van der Waals surface area (Å²) in [4.78, 5) is 27.9. The molecule has 1 N–H and O–H groups in total. The number of Topliss-reactive ketones (excluding diaryl/α,β-unsaturated/α-hetero) is 1. The normalized spacial score (nSPS) is 16.2. The number of carbonyl (C=O) groups is 2. The molecule has 1 aliphatic heterocycles. The van der Waals surface area contributed by atoms with Gasteiger partial charge in [0.1, 0.15) is 23.1 Å². The van der Waals surface area contributed by atoms with Crippen molar-refractivity contribution < 1.29 is 28.3 Å². The lowest BCUT2D eigenvalue weighted by Crippen LogP contribution is -2.30. The topological polar surface area (TPSA) is 93.1 Å². The van der Waals surface area contributed by atoms with Gasteiger partial charge in [-0.05, 0) is 54.6 Å². The largest absolute Gasteiger partial charge is 0.503 e. The molecule has 0 saturated heterocycles. The minimum absolute atomic E-state index is 0.0483. The molecule has 7 nitrogen and oxygen atoms in total. The summed E-state index contributed by atoms with van der Waals surface area (Å²) in [5.74, 6) is -1.49. The third-order valence-corrected chi connectivity index (χ3v) is 5.91. The van der Waals surface area contributed by atoms with E-state index in [0.29, 0.717) is 27.4 Å². The Labute approximate surface area is 197 Å². The van der Waals surface area contributed by atoms with Crippen LogP contribution in [-0.4, -0.2) is 23.9 Å². The number of halogens is 2. The fourth-order valence-corrected chi connectivity index (χ4v) is 4.32. The number of aliphatic hydroxyl groups is 1. The molecule has 0 bridgehead atoms. The summed E-state index contributed by atoms with van der Waals surface area (Å²) in [7, 11) is 1.47. The van der Waals surface area contributed by atoms with Gasteiger partial charge in [-0.15, -0.1) is 0 Å². The van der Waals surface area contributed by atoms with Crippen LogP contribution in [0.1, 0.15) is 22.4 Å². The van der Waals surface area contributed by atoms with E-state index in [1.54, 1.807) is 42.5 Å². The molecule has 166 valence electrons. The standard InChI is InChI=1S/C24H15Cl2NO6/c1-31-17-7-5-14(11-15(17)26)27-21(18-3-2-8-32-18)20(23(29)24(27)30)22(28)19-10-12-9-13(25)4-6-16(12)33-19/h2-11,21,29H,1H3. The maximum absolute atomic E-state index is 13.5. The van der Waals surface area contributed by atoms with Gasteiger partial charge in [-0.25, -0.2) is 0 Å². The van der Waals surface area contributed by atoms with Gasteiger partial charge in [-0.1, -0.05) is 23.2 Å². The number of hydrogen-bond donors (Lipinski definition) is 1. The molecule has 0 spiro atoms. The first-order chi connectivity index (χ1) is 15.9. The smallest absolute Gasteiger partial charge is 0.294 e. The highest BCUT2D eigenvalue weighted by Gasteiger charge is 2.46. The molecule has 33 heavy (non-hydrogen) atoms. The van der Waals surface area contributed by atoms with Crippen LogP contribution in [0.2, 0.25) is 10.0 Å². The van der Waals surface area contributed by atoms with E-state index in [1.807, 2.05) is 0 Å². The van der Waals surface area contributed by atoms with E-state index in [9.17, 15) is 14.7 Å². The number of ether oxygens (including phenoxy) is 1. The zero-order valence-electron chi connectivity index (χ0n) is 17.0. The van der Waals surface area contributed by atoms with Crippen molar-refractivity contribution in [3.8, 4) is 5.75 Å². The number of amides is 1. The second kappa shape index (κ2) is 8.03. The minimum atomic E-state index is -1.04. The molecule has 2 aromatic carbocycles. The van der Waals surface area contributed by atoms with E-state index < -0.39 is 23.5 Å². The SMILES string of the molecule is COc1ccc(N2C(=O)C(O)=C(C(=O)c3cc4cc(Cl)ccc4o3)C2c2ccco2)cc1Cl. The first-order valence-electron chi connectivity index (χ1n) is 9.76. The molecular weight excluding hydrogens is 469 g/mol. The zero-order valence-corrected chi connectivity index (χ0v) is 18.6. The summed E-state index contributed by atoms with van der Waals surface area (Å²) in [5, 5.41) is 12.1. The average Bonchev–Trinajstić information content (AvgIpc) is 3.52. The number of hydrogen-bond acceptors (Lipinski definition) is 6. The minimum Gasteiger partial charge on any atom is -0.503 e. The highest BCUT2D eigenvalue weighted by atomic mass is 35.5. The van der Waals surface area contributed by atoms with Crippen LogP contribution in [0, 0.1) is 0 Å². The molecule has 0 saturated carbocycles. The molecule has 0 radical (unpaired) electrons. The van der Waals surface area contributed by atoms with E-state index in [4.69, 9.17) is 36.8 Å². The highest BCUT2D eigenvalue weighted by molar-refractivity contribution is 6.32. The molecule has 3 heterocycles. The number of anilines is 1. The molecule has 2 aromatic heterocycles.